The van der Waals surface area contributed by atoms with Crippen LogP contribution in [0.5, 0.6) is 0 Å². The van der Waals surface area contributed by atoms with Gasteiger partial charge in [-0.25, -0.2) is 22.4 Å². The quantitative estimate of drug-likeness (QED) is 0.525. The second kappa shape index (κ2) is 8.63. The van der Waals surface area contributed by atoms with Gasteiger partial charge in [0.25, 0.3) is 0 Å². The maximum Gasteiger partial charge on any atom is 0.415 e. The van der Waals surface area contributed by atoms with E-state index in [-0.39, 0.29) is 48.4 Å². The van der Waals surface area contributed by atoms with Crippen LogP contribution in [0.15, 0.2) is 60.7 Å². The van der Waals surface area contributed by atoms with Gasteiger partial charge in [0.15, 0.2) is 0 Å². The molecule has 1 fully saturated rings. The zero-order valence-electron chi connectivity index (χ0n) is 16.8. The van der Waals surface area contributed by atoms with E-state index < -0.39 is 35.0 Å². The number of anilines is 1. The summed E-state index contributed by atoms with van der Waals surface area (Å²) in [6.07, 6.45) is -0.647. The molecule has 1 aliphatic rings. The molecule has 1 N–H and O–H groups in total. The van der Waals surface area contributed by atoms with Crippen molar-refractivity contribution in [3.63, 3.8) is 0 Å². The van der Waals surface area contributed by atoms with E-state index in [0.29, 0.717) is 6.07 Å². The van der Waals surface area contributed by atoms with Crippen molar-refractivity contribution in [2.24, 2.45) is 0 Å². The third-order valence-corrected chi connectivity index (χ3v) is 5.61. The second-order valence-corrected chi connectivity index (χ2v) is 7.51. The molecule has 0 radical (unpaired) electrons. The fraction of sp³-hybridized carbons (Fsp3) is 0.208. The van der Waals surface area contributed by atoms with Gasteiger partial charge >= 0.3 is 6.09 Å². The molecule has 1 amide bonds. The Bertz CT molecular complexity index is 1170. The Hall–Kier alpha value is -3.39. The highest BCUT2D eigenvalue weighted by atomic mass is 19.1. The molecule has 0 aliphatic carbocycles. The molecule has 8 heteroatoms. The Morgan fingerprint density at radius 1 is 0.906 bits per heavy atom. The topological polar surface area (TPSA) is 49.8 Å². The van der Waals surface area contributed by atoms with Crippen molar-refractivity contribution in [3.05, 3.63) is 89.5 Å². The first-order chi connectivity index (χ1) is 15.3. The van der Waals surface area contributed by atoms with E-state index in [0.717, 1.165) is 18.2 Å². The molecule has 0 spiro atoms. The molecule has 1 heterocycles. The molecule has 32 heavy (non-hydrogen) atoms. The van der Waals surface area contributed by atoms with Gasteiger partial charge in [-0.3, -0.25) is 4.90 Å². The Labute approximate surface area is 181 Å². The number of aliphatic hydroxyl groups is 1. The summed E-state index contributed by atoms with van der Waals surface area (Å²) in [5.41, 5.74) is -1.25. The highest BCUT2D eigenvalue weighted by Crippen LogP contribution is 2.40. The fourth-order valence-corrected chi connectivity index (χ4v) is 4.00. The van der Waals surface area contributed by atoms with Crippen LogP contribution in [0.3, 0.4) is 0 Å². The van der Waals surface area contributed by atoms with E-state index in [1.807, 2.05) is 0 Å². The van der Waals surface area contributed by atoms with E-state index in [4.69, 9.17) is 4.74 Å². The monoisotopic (exact) mass is 445 g/mol. The molecule has 3 aromatic rings. The van der Waals surface area contributed by atoms with Crippen molar-refractivity contribution in [3.8, 4) is 11.1 Å². The molecule has 4 rings (SSSR count). The highest BCUT2D eigenvalue weighted by molar-refractivity contribution is 5.90. The third-order valence-electron chi connectivity index (χ3n) is 5.61. The van der Waals surface area contributed by atoms with Gasteiger partial charge in [0, 0.05) is 54.4 Å². The molecule has 4 nitrogen and oxygen atoms in total. The maximum atomic E-state index is 14.5. The van der Waals surface area contributed by atoms with Gasteiger partial charge in [0.2, 0.25) is 0 Å². The van der Waals surface area contributed by atoms with Gasteiger partial charge in [-0.15, -0.1) is 0 Å². The smallest absolute Gasteiger partial charge is 0.415 e. The summed E-state index contributed by atoms with van der Waals surface area (Å²) in [6.45, 7) is -0.240. The molecule has 1 saturated heterocycles. The molecular formula is C24H19F4NO3. The Balaban J connectivity index is 1.67. The average Bonchev–Trinajstić information content (AvgIpc) is 2.75. The second-order valence-electron chi connectivity index (χ2n) is 7.51. The lowest BCUT2D eigenvalue weighted by molar-refractivity contribution is -0.0280. The Morgan fingerprint density at radius 2 is 1.69 bits per heavy atom. The molecule has 1 aliphatic heterocycles. The van der Waals surface area contributed by atoms with Gasteiger partial charge in [0.1, 0.15) is 28.9 Å². The highest BCUT2D eigenvalue weighted by Gasteiger charge is 2.43. The Kier molecular flexibility index (Phi) is 5.88. The van der Waals surface area contributed by atoms with E-state index in [9.17, 15) is 27.5 Å². The molecule has 0 unspecified atom stereocenters. The van der Waals surface area contributed by atoms with Crippen LogP contribution in [0.1, 0.15) is 18.4 Å². The lowest BCUT2D eigenvalue weighted by Crippen LogP contribution is -2.49. The first-order valence-corrected chi connectivity index (χ1v) is 9.96. The zero-order valence-corrected chi connectivity index (χ0v) is 16.8. The van der Waals surface area contributed by atoms with Crippen molar-refractivity contribution in [2.45, 2.75) is 18.4 Å². The van der Waals surface area contributed by atoms with Gasteiger partial charge in [-0.1, -0.05) is 18.2 Å². The normalized spacial score (nSPS) is 18.5. The van der Waals surface area contributed by atoms with Crippen molar-refractivity contribution in [2.75, 3.05) is 18.1 Å². The first-order valence-electron chi connectivity index (χ1n) is 9.96. The lowest BCUT2D eigenvalue weighted by Gasteiger charge is -2.41. The Morgan fingerprint density at radius 3 is 2.38 bits per heavy atom. The van der Waals surface area contributed by atoms with Crippen molar-refractivity contribution in [1.29, 1.82) is 0 Å². The van der Waals surface area contributed by atoms with Crippen LogP contribution in [-0.2, 0) is 10.3 Å². The number of ether oxygens (including phenoxy) is 1. The van der Waals surface area contributed by atoms with Crippen LogP contribution >= 0.6 is 0 Å². The third kappa shape index (κ3) is 3.93. The summed E-state index contributed by atoms with van der Waals surface area (Å²) in [7, 11) is 0. The molecule has 1 atom stereocenters. The van der Waals surface area contributed by atoms with Crippen LogP contribution in [0.2, 0.25) is 0 Å². The van der Waals surface area contributed by atoms with Gasteiger partial charge < -0.3 is 9.84 Å². The van der Waals surface area contributed by atoms with Gasteiger partial charge in [-0.2, -0.15) is 0 Å². The number of cyclic esters (lactones) is 1. The summed E-state index contributed by atoms with van der Waals surface area (Å²) in [4.78, 5) is 14.1. The molecule has 0 saturated carbocycles. The number of hydrogen-bond donors (Lipinski definition) is 1. The van der Waals surface area contributed by atoms with Crippen LogP contribution in [0, 0.1) is 23.3 Å². The lowest BCUT2D eigenvalue weighted by atomic mass is 9.85. The number of carbonyl (C=O) groups excluding carboxylic acids is 1. The van der Waals surface area contributed by atoms with E-state index in [2.05, 4.69) is 0 Å². The number of amides is 1. The SMILES string of the molecule is O=C1O[C@@](CCO)(c2ccccc2F)CCN1c1ccc(F)c(-c2ccc(F)cc2F)c1. The van der Waals surface area contributed by atoms with Crippen LogP contribution in [0.4, 0.5) is 28.0 Å². The summed E-state index contributed by atoms with van der Waals surface area (Å²) < 4.78 is 62.0. The first kappa shape index (κ1) is 21.8. The molecule has 0 bridgehead atoms. The average molecular weight is 445 g/mol. The predicted octanol–water partition coefficient (Wildman–Crippen LogP) is 5.53. The van der Waals surface area contributed by atoms with E-state index in [1.165, 1.54) is 35.2 Å². The minimum atomic E-state index is -1.35. The molecule has 0 aromatic heterocycles. The minimum Gasteiger partial charge on any atom is -0.437 e. The van der Waals surface area contributed by atoms with Gasteiger partial charge in [0.05, 0.1) is 0 Å². The largest absolute Gasteiger partial charge is 0.437 e. The molecular weight excluding hydrogens is 426 g/mol. The van der Waals surface area contributed by atoms with E-state index >= 15 is 0 Å². The number of halogens is 4. The molecule has 3 aromatic carbocycles. The van der Waals surface area contributed by atoms with Crippen LogP contribution in [-0.4, -0.2) is 24.4 Å². The summed E-state index contributed by atoms with van der Waals surface area (Å²) >= 11 is 0. The van der Waals surface area contributed by atoms with Gasteiger partial charge in [-0.05, 0) is 36.4 Å². The number of aliphatic hydroxyl groups excluding tert-OH is 1. The predicted molar refractivity (Wildman–Crippen MR) is 110 cm³/mol. The van der Waals surface area contributed by atoms with Crippen molar-refractivity contribution < 1.29 is 32.2 Å². The summed E-state index contributed by atoms with van der Waals surface area (Å²) in [6, 6.07) is 12.3. The summed E-state index contributed by atoms with van der Waals surface area (Å²) in [5.74, 6) is -3.04. The number of nitrogens with zero attached hydrogens (tertiary/aromatic N) is 1. The van der Waals surface area contributed by atoms with Crippen molar-refractivity contribution >= 4 is 11.8 Å². The number of rotatable bonds is 5. The molecule has 166 valence electrons. The number of hydrogen-bond acceptors (Lipinski definition) is 3. The van der Waals surface area contributed by atoms with Crippen molar-refractivity contribution in [1.82, 2.24) is 0 Å². The van der Waals surface area contributed by atoms with E-state index in [1.54, 1.807) is 6.07 Å². The van der Waals surface area contributed by atoms with Crippen LogP contribution < -0.4 is 4.90 Å². The standard InChI is InChI=1S/C24H19F4NO3/c25-15-5-7-17(22(28)13-15)18-14-16(6-8-20(18)26)29-11-9-24(10-12-30,32-23(29)31)19-3-1-2-4-21(19)27/h1-8,13-14,30H,9-12H2/t24-/m0/s1. The van der Waals surface area contributed by atoms with Crippen LogP contribution in [0.25, 0.3) is 11.1 Å². The maximum absolute atomic E-state index is 14.5. The zero-order chi connectivity index (χ0) is 22.9. The fourth-order valence-electron chi connectivity index (χ4n) is 4.00. The number of carbonyl (C=O) groups is 1. The minimum absolute atomic E-state index is 0.00295. The summed E-state index contributed by atoms with van der Waals surface area (Å²) in [5, 5.41) is 9.51. The number of benzene rings is 3.